The standard InChI is InChI=1S/C21H23ClN4O2/c1-26-18-14(11-16(19(26)28)15-7-3-4-8-17(15)22)12-23-20(24-18)25-21(13-27)9-5-2-6-10-21/h3-4,7-8,11-12,27H,2,5-6,9-10,13H2,1H3,(H,23,24,25). The number of fused-ring (bicyclic) bond motifs is 1. The number of pyridine rings is 1. The van der Waals surface area contributed by atoms with Gasteiger partial charge in [-0.2, -0.15) is 4.98 Å². The van der Waals surface area contributed by atoms with Crippen molar-refractivity contribution in [1.82, 2.24) is 14.5 Å². The number of anilines is 1. The van der Waals surface area contributed by atoms with Crippen LogP contribution in [0.5, 0.6) is 0 Å². The van der Waals surface area contributed by atoms with Gasteiger partial charge >= 0.3 is 0 Å². The molecule has 2 heterocycles. The zero-order chi connectivity index (χ0) is 19.7. The number of benzene rings is 1. The molecule has 1 fully saturated rings. The lowest BCUT2D eigenvalue weighted by molar-refractivity contribution is 0.172. The highest BCUT2D eigenvalue weighted by atomic mass is 35.5. The zero-order valence-electron chi connectivity index (χ0n) is 15.8. The summed E-state index contributed by atoms with van der Waals surface area (Å²) in [7, 11) is 1.70. The Hall–Kier alpha value is -2.44. The Morgan fingerprint density at radius 1 is 1.21 bits per heavy atom. The number of aromatic nitrogens is 3. The average molecular weight is 399 g/mol. The molecule has 0 radical (unpaired) electrons. The van der Waals surface area contributed by atoms with E-state index >= 15 is 0 Å². The predicted octanol–water partition coefficient (Wildman–Crippen LogP) is 3.76. The van der Waals surface area contributed by atoms with Crippen LogP contribution >= 0.6 is 11.6 Å². The van der Waals surface area contributed by atoms with Gasteiger partial charge in [-0.25, -0.2) is 4.98 Å². The summed E-state index contributed by atoms with van der Waals surface area (Å²) in [6.45, 7) is 0.0404. The fourth-order valence-corrected chi connectivity index (χ4v) is 4.21. The van der Waals surface area contributed by atoms with Crippen molar-refractivity contribution >= 4 is 28.6 Å². The summed E-state index contributed by atoms with van der Waals surface area (Å²) in [5.41, 5.74) is 1.20. The van der Waals surface area contributed by atoms with Crippen LogP contribution < -0.4 is 10.9 Å². The van der Waals surface area contributed by atoms with Crippen LogP contribution in [0.15, 0.2) is 41.3 Å². The van der Waals surface area contributed by atoms with Crippen LogP contribution in [-0.4, -0.2) is 31.8 Å². The third-order valence-electron chi connectivity index (χ3n) is 5.60. The number of hydrogen-bond donors (Lipinski definition) is 2. The van der Waals surface area contributed by atoms with Gasteiger partial charge in [0.1, 0.15) is 5.65 Å². The number of aryl methyl sites for hydroxylation is 1. The molecular formula is C21H23ClN4O2. The zero-order valence-corrected chi connectivity index (χ0v) is 16.5. The Kier molecular flexibility index (Phi) is 5.08. The van der Waals surface area contributed by atoms with E-state index in [4.69, 9.17) is 11.6 Å². The molecule has 1 aliphatic rings. The Bertz CT molecular complexity index is 1070. The first kappa shape index (κ1) is 18.9. The highest BCUT2D eigenvalue weighted by molar-refractivity contribution is 6.33. The van der Waals surface area contributed by atoms with Crippen molar-refractivity contribution in [2.24, 2.45) is 7.05 Å². The maximum absolute atomic E-state index is 12.9. The van der Waals surface area contributed by atoms with E-state index in [1.165, 1.54) is 11.0 Å². The van der Waals surface area contributed by atoms with Crippen LogP contribution in [0, 0.1) is 0 Å². The number of rotatable bonds is 4. The molecule has 2 aromatic heterocycles. The summed E-state index contributed by atoms with van der Waals surface area (Å²) in [5, 5.41) is 14.5. The molecule has 1 aromatic carbocycles. The Morgan fingerprint density at radius 3 is 2.68 bits per heavy atom. The minimum Gasteiger partial charge on any atom is -0.394 e. The van der Waals surface area contributed by atoms with Crippen molar-refractivity contribution in [3.63, 3.8) is 0 Å². The van der Waals surface area contributed by atoms with Gasteiger partial charge in [0.25, 0.3) is 5.56 Å². The topological polar surface area (TPSA) is 80.0 Å². The maximum atomic E-state index is 12.9. The second kappa shape index (κ2) is 7.53. The average Bonchev–Trinajstić information content (AvgIpc) is 2.72. The van der Waals surface area contributed by atoms with Crippen LogP contribution in [0.25, 0.3) is 22.2 Å². The van der Waals surface area contributed by atoms with E-state index in [-0.39, 0.29) is 17.7 Å². The minimum absolute atomic E-state index is 0.0404. The van der Waals surface area contributed by atoms with Crippen LogP contribution in [0.3, 0.4) is 0 Å². The van der Waals surface area contributed by atoms with Crippen molar-refractivity contribution in [2.75, 3.05) is 11.9 Å². The van der Waals surface area contributed by atoms with E-state index in [0.717, 1.165) is 31.1 Å². The molecule has 0 saturated heterocycles. The van der Waals surface area contributed by atoms with Gasteiger partial charge in [0.05, 0.1) is 12.1 Å². The monoisotopic (exact) mass is 398 g/mol. The SMILES string of the molecule is Cn1c(=O)c(-c2ccccc2Cl)cc2cnc(NC3(CO)CCCCC3)nc21. The lowest BCUT2D eigenvalue weighted by atomic mass is 9.82. The molecule has 28 heavy (non-hydrogen) atoms. The van der Waals surface area contributed by atoms with Crippen molar-refractivity contribution in [3.8, 4) is 11.1 Å². The van der Waals surface area contributed by atoms with E-state index < -0.39 is 0 Å². The minimum atomic E-state index is -0.387. The number of nitrogens with zero attached hydrogens (tertiary/aromatic N) is 3. The summed E-state index contributed by atoms with van der Waals surface area (Å²) in [6.07, 6.45) is 6.80. The summed E-state index contributed by atoms with van der Waals surface area (Å²) >= 11 is 6.29. The van der Waals surface area contributed by atoms with Crippen molar-refractivity contribution < 1.29 is 5.11 Å². The summed E-state index contributed by atoms with van der Waals surface area (Å²) < 4.78 is 1.52. The molecule has 1 aliphatic carbocycles. The van der Waals surface area contributed by atoms with Crippen molar-refractivity contribution in [2.45, 2.75) is 37.6 Å². The molecule has 0 bridgehead atoms. The first-order valence-electron chi connectivity index (χ1n) is 9.54. The molecule has 146 valence electrons. The van der Waals surface area contributed by atoms with Gasteiger partial charge in [-0.05, 0) is 25.0 Å². The molecule has 3 aromatic rings. The highest BCUT2D eigenvalue weighted by Gasteiger charge is 2.32. The molecule has 0 amide bonds. The van der Waals surface area contributed by atoms with E-state index in [1.807, 2.05) is 18.2 Å². The lowest BCUT2D eigenvalue weighted by Gasteiger charge is -2.36. The first-order valence-corrected chi connectivity index (χ1v) is 9.91. The number of aliphatic hydroxyl groups excluding tert-OH is 1. The maximum Gasteiger partial charge on any atom is 0.259 e. The van der Waals surface area contributed by atoms with Gasteiger partial charge in [0, 0.05) is 34.8 Å². The van der Waals surface area contributed by atoms with Crippen LogP contribution in [0.2, 0.25) is 5.02 Å². The molecule has 0 unspecified atom stereocenters. The van der Waals surface area contributed by atoms with Crippen LogP contribution in [0.1, 0.15) is 32.1 Å². The van der Waals surface area contributed by atoms with E-state index in [0.29, 0.717) is 27.7 Å². The third-order valence-corrected chi connectivity index (χ3v) is 5.93. The fourth-order valence-electron chi connectivity index (χ4n) is 3.97. The summed E-state index contributed by atoms with van der Waals surface area (Å²) in [5.74, 6) is 0.434. The van der Waals surface area contributed by atoms with Crippen LogP contribution in [-0.2, 0) is 7.05 Å². The molecule has 0 aliphatic heterocycles. The highest BCUT2D eigenvalue weighted by Crippen LogP contribution is 2.31. The lowest BCUT2D eigenvalue weighted by Crippen LogP contribution is -2.44. The number of aliphatic hydroxyl groups is 1. The largest absolute Gasteiger partial charge is 0.394 e. The van der Waals surface area contributed by atoms with Crippen molar-refractivity contribution in [1.29, 1.82) is 0 Å². The van der Waals surface area contributed by atoms with Gasteiger partial charge in [-0.1, -0.05) is 49.1 Å². The third kappa shape index (κ3) is 3.38. The number of hydrogen-bond acceptors (Lipinski definition) is 5. The molecule has 6 nitrogen and oxygen atoms in total. The van der Waals surface area contributed by atoms with Crippen molar-refractivity contribution in [3.05, 3.63) is 51.9 Å². The molecule has 0 spiro atoms. The molecule has 2 N–H and O–H groups in total. The molecule has 4 rings (SSSR count). The van der Waals surface area contributed by atoms with Gasteiger partial charge < -0.3 is 10.4 Å². The number of nitrogens with one attached hydrogen (secondary N) is 1. The van der Waals surface area contributed by atoms with Crippen LogP contribution in [0.4, 0.5) is 5.95 Å². The first-order chi connectivity index (χ1) is 13.5. The Morgan fingerprint density at radius 2 is 1.96 bits per heavy atom. The second-order valence-electron chi connectivity index (χ2n) is 7.50. The molecule has 1 saturated carbocycles. The molecule has 0 atom stereocenters. The Labute approximate surface area is 168 Å². The Balaban J connectivity index is 1.77. The van der Waals surface area contributed by atoms with E-state index in [2.05, 4.69) is 15.3 Å². The van der Waals surface area contributed by atoms with Gasteiger partial charge in [-0.15, -0.1) is 0 Å². The normalized spacial score (nSPS) is 16.2. The van der Waals surface area contributed by atoms with Gasteiger partial charge in [0.2, 0.25) is 5.95 Å². The quantitative estimate of drug-likeness (QED) is 0.699. The smallest absolute Gasteiger partial charge is 0.259 e. The summed E-state index contributed by atoms with van der Waals surface area (Å²) in [6, 6.07) is 9.07. The fraction of sp³-hybridized carbons (Fsp3) is 0.381. The van der Waals surface area contributed by atoms with Gasteiger partial charge in [0.15, 0.2) is 0 Å². The molecule has 7 heteroatoms. The molecular weight excluding hydrogens is 376 g/mol. The summed E-state index contributed by atoms with van der Waals surface area (Å²) in [4.78, 5) is 22.0. The number of halogens is 1. The van der Waals surface area contributed by atoms with Gasteiger partial charge in [-0.3, -0.25) is 9.36 Å². The predicted molar refractivity (Wildman–Crippen MR) is 112 cm³/mol. The van der Waals surface area contributed by atoms with E-state index in [1.54, 1.807) is 25.4 Å². The second-order valence-corrected chi connectivity index (χ2v) is 7.91. The van der Waals surface area contributed by atoms with E-state index in [9.17, 15) is 9.90 Å².